The van der Waals surface area contributed by atoms with E-state index in [0.29, 0.717) is 103 Å². The largest absolute Gasteiger partial charge is 0.492 e. The summed E-state index contributed by atoms with van der Waals surface area (Å²) in [5, 5.41) is 25.8. The summed E-state index contributed by atoms with van der Waals surface area (Å²) >= 11 is 0. The number of aryl methyl sites for hydroxylation is 1. The van der Waals surface area contributed by atoms with Crippen molar-refractivity contribution in [3.8, 4) is 11.5 Å². The number of carbonyl (C=O) groups is 4. The van der Waals surface area contributed by atoms with Crippen LogP contribution in [0.5, 0.6) is 11.5 Å². The van der Waals surface area contributed by atoms with Crippen molar-refractivity contribution in [1.82, 2.24) is 35.1 Å². The number of Topliss-reactive ketones (excluding diaryl/α,β-unsaturated/α-hetero) is 1. The number of hydrogen-bond donors (Lipinski definition) is 5. The Morgan fingerprint density at radius 1 is 0.745 bits per heavy atom. The minimum atomic E-state index is -4.54. The number of fused-ring (bicyclic) bond motifs is 12. The van der Waals surface area contributed by atoms with E-state index >= 15 is 0 Å². The molecule has 0 radical (unpaired) electrons. The summed E-state index contributed by atoms with van der Waals surface area (Å²) in [7, 11) is 3.86. The number of aromatic nitrogens is 5. The van der Waals surface area contributed by atoms with E-state index in [1.54, 1.807) is 59.3 Å². The van der Waals surface area contributed by atoms with E-state index in [2.05, 4.69) is 138 Å². The van der Waals surface area contributed by atoms with Crippen LogP contribution in [0.3, 0.4) is 0 Å². The van der Waals surface area contributed by atoms with Crippen molar-refractivity contribution >= 4 is 69.5 Å². The lowest BCUT2D eigenvalue weighted by Gasteiger charge is -2.41. The molecule has 560 valence electrons. The van der Waals surface area contributed by atoms with Gasteiger partial charge < -0.3 is 39.7 Å². The summed E-state index contributed by atoms with van der Waals surface area (Å²) in [6, 6.07) is 31.7. The third-order valence-electron chi connectivity index (χ3n) is 21.1. The van der Waals surface area contributed by atoms with Crippen LogP contribution < -0.4 is 45.0 Å². The number of urea groups is 2. The van der Waals surface area contributed by atoms with Crippen LogP contribution >= 0.6 is 0 Å². The maximum absolute atomic E-state index is 13.4. The predicted octanol–water partition coefficient (Wildman–Crippen LogP) is 14.4. The molecule has 6 aliphatic rings. The average molecular weight is 1450 g/mol. The highest BCUT2D eigenvalue weighted by Crippen LogP contribution is 2.62. The molecule has 7 atom stereocenters. The zero-order valence-corrected chi connectivity index (χ0v) is 61.9. The molecule has 4 aliphatic heterocycles. The molecule has 21 nitrogen and oxygen atoms in total. The van der Waals surface area contributed by atoms with Gasteiger partial charge in [0.15, 0.2) is 17.4 Å². The molecule has 2 saturated heterocycles. The van der Waals surface area contributed by atoms with Crippen molar-refractivity contribution in [2.75, 3.05) is 103 Å². The number of anilines is 6. The number of alkyl halides is 3. The van der Waals surface area contributed by atoms with Crippen LogP contribution in [0.15, 0.2) is 153 Å². The van der Waals surface area contributed by atoms with Gasteiger partial charge in [0.25, 0.3) is 5.91 Å². The third kappa shape index (κ3) is 18.8. The summed E-state index contributed by atoms with van der Waals surface area (Å²) in [5.41, 5.74) is 13.9. The Morgan fingerprint density at radius 2 is 1.37 bits per heavy atom. The fraction of sp³-hybridized carbons (Fsp3) is 0.427. The number of halogens is 3. The van der Waals surface area contributed by atoms with E-state index in [4.69, 9.17) is 21.2 Å². The van der Waals surface area contributed by atoms with Gasteiger partial charge in [-0.15, -0.1) is 0 Å². The molecule has 6 bridgehead atoms. The van der Waals surface area contributed by atoms with Gasteiger partial charge in [0.2, 0.25) is 0 Å². The minimum absolute atomic E-state index is 0.0834. The Hall–Kier alpha value is -10.0. The molecule has 7 aromatic rings. The van der Waals surface area contributed by atoms with Crippen molar-refractivity contribution < 1.29 is 52.0 Å². The normalized spacial score (nSPS) is 19.2. The Balaban J connectivity index is 0.000000159. The Kier molecular flexibility index (Phi) is 24.1. The number of hydrogen-bond acceptors (Lipinski definition) is 16. The second-order valence-corrected chi connectivity index (χ2v) is 30.4. The van der Waals surface area contributed by atoms with Gasteiger partial charge in [0.1, 0.15) is 60.4 Å². The van der Waals surface area contributed by atoms with E-state index in [1.165, 1.54) is 76.0 Å². The number of nitrogens with one attached hydrogen (secondary N) is 3. The first kappa shape index (κ1) is 77.1. The number of amides is 5. The molecule has 2 aromatic carbocycles. The lowest BCUT2D eigenvalue weighted by Crippen LogP contribution is -2.48. The number of allylic oxidation sites excluding steroid dienone is 3. The van der Waals surface area contributed by atoms with Crippen LogP contribution in [0.2, 0.25) is 0 Å². The van der Waals surface area contributed by atoms with E-state index in [9.17, 15) is 37.5 Å². The van der Waals surface area contributed by atoms with Crippen LogP contribution in [0, 0.1) is 16.7 Å². The minimum Gasteiger partial charge on any atom is -0.492 e. The highest BCUT2D eigenvalue weighted by atomic mass is 19.4. The SMILES string of the molecule is C=C(C)c1cccc(CC(=C)C2c3cc(C(=C)C[C@H](C)C(C)(C)C)ccc3C3CC[C@@]2(C)C3)c1.CN(C)CCOc1ccnc(NC(=O)N2c3nc(C(=O)NCC(F)(F)F)ccc3N3CC[C@H]2C3)c1.O=C(CCc1cccnc1)c1ccc2c(n1)N(C(=O)Nc1cc(OC[C@H](O)CO)ccn1)[C@H]1CCN2C1. The summed E-state index contributed by atoms with van der Waals surface area (Å²) < 4.78 is 48.7. The van der Waals surface area contributed by atoms with Gasteiger partial charge in [-0.2, -0.15) is 13.2 Å². The predicted molar refractivity (Wildman–Crippen MR) is 409 cm³/mol. The second-order valence-electron chi connectivity index (χ2n) is 30.4. The van der Waals surface area contributed by atoms with Crippen molar-refractivity contribution in [3.05, 3.63) is 198 Å². The van der Waals surface area contributed by atoms with Crippen molar-refractivity contribution in [3.63, 3.8) is 0 Å². The van der Waals surface area contributed by atoms with Gasteiger partial charge >= 0.3 is 18.2 Å². The number of ketones is 1. The molecule has 5 N–H and O–H groups in total. The van der Waals surface area contributed by atoms with Crippen LogP contribution in [0.4, 0.5) is 57.4 Å². The summed E-state index contributed by atoms with van der Waals surface area (Å²) in [6.45, 7) is 29.3. The topological polar surface area (TPSA) is 244 Å². The standard InChI is InChI=1S/C34H44.C26H28N6O5.C22H26F3N7O3/c1-22(2)27-12-10-11-26(19-27)18-24(4)32-31-20-28(23(3)17-25(5)33(6,7)8)13-14-30(31)29-15-16-34(32,9)21-29;33-15-19(34)16-37-20-7-10-28-24(12-20)30-26(36)32-18-8-11-31(14-18)22-5-4-21(29-25(22)32)23(35)6-3-17-2-1-9-27-13-17;1-30(2)9-10-35-15-5-7-26-18(11-15)29-21(34)32-14-6-8-31(12-14)17-4-3-16(28-19(17)32)20(33)27-13-22(23,24)25/h10-14,19-20,25,29,32H,1,3-4,15-18,21H2,2,5-9H3;1-2,4-5,7,9-10,12-13,18-19,33-34H,3,6,8,11,14-16H2,(H,28,30,36);3-5,7,11,14H,6,8-10,12-13H2,1-2H3,(H,27,33)(H,26,29,34)/t25-,29?,32?,34-;18-,19+;14-/m000/s1. The van der Waals surface area contributed by atoms with E-state index in [0.717, 1.165) is 49.2 Å². The maximum atomic E-state index is 13.4. The van der Waals surface area contributed by atoms with Gasteiger partial charge in [-0.05, 0) is 176 Å². The van der Waals surface area contributed by atoms with Crippen LogP contribution in [0.25, 0.3) is 11.1 Å². The highest BCUT2D eigenvalue weighted by Gasteiger charge is 2.49. The van der Waals surface area contributed by atoms with E-state index in [1.807, 2.05) is 47.4 Å². The van der Waals surface area contributed by atoms with Crippen molar-refractivity contribution in [2.24, 2.45) is 16.7 Å². The van der Waals surface area contributed by atoms with Gasteiger partial charge in [-0.1, -0.05) is 114 Å². The molecule has 3 fully saturated rings. The fourth-order valence-corrected chi connectivity index (χ4v) is 14.9. The molecule has 24 heteroatoms. The molecule has 13 rings (SSSR count). The quantitative estimate of drug-likeness (QED) is 0.0295. The summed E-state index contributed by atoms with van der Waals surface area (Å²) in [5.74, 6) is 2.79. The molecule has 9 heterocycles. The van der Waals surface area contributed by atoms with Crippen LogP contribution in [-0.4, -0.2) is 161 Å². The van der Waals surface area contributed by atoms with Gasteiger partial charge in [0.05, 0.1) is 30.1 Å². The molecule has 2 aliphatic carbocycles. The first-order chi connectivity index (χ1) is 50.5. The number of carbonyl (C=O) groups excluding carboxylic acids is 4. The molecule has 2 unspecified atom stereocenters. The first-order valence-electron chi connectivity index (χ1n) is 36.4. The molecule has 106 heavy (non-hydrogen) atoms. The second kappa shape index (κ2) is 33.2. The monoisotopic (exact) mass is 1450 g/mol. The van der Waals surface area contributed by atoms with Crippen LogP contribution in [-0.2, 0) is 12.8 Å². The number of aliphatic hydroxyl groups is 2. The Labute approximate surface area is 619 Å². The molecular weight excluding hydrogens is 1350 g/mol. The molecule has 1 saturated carbocycles. The van der Waals surface area contributed by atoms with Gasteiger partial charge in [0, 0.05) is 82.0 Å². The number of benzene rings is 2. The zero-order chi connectivity index (χ0) is 75.8. The fourth-order valence-electron chi connectivity index (χ4n) is 14.9. The number of rotatable bonds is 23. The van der Waals surface area contributed by atoms with Gasteiger partial charge in [-0.25, -0.2) is 29.5 Å². The Morgan fingerprint density at radius 3 is 1.96 bits per heavy atom. The average Bonchev–Trinajstić information content (AvgIpc) is 1.57. The molecular formula is C82H98F3N13O8. The summed E-state index contributed by atoms with van der Waals surface area (Å²) in [6.07, 6.45) is 9.06. The first-order valence-corrected chi connectivity index (χ1v) is 36.4. The Bertz CT molecular complexity index is 4380. The van der Waals surface area contributed by atoms with Crippen molar-refractivity contribution in [2.45, 2.75) is 136 Å². The number of nitrogens with zero attached hydrogens (tertiary/aromatic N) is 10. The van der Waals surface area contributed by atoms with Crippen LogP contribution in [0.1, 0.15) is 153 Å². The summed E-state index contributed by atoms with van der Waals surface area (Å²) in [4.78, 5) is 82.6. The van der Waals surface area contributed by atoms with Gasteiger partial charge in [-0.3, -0.25) is 35.0 Å². The zero-order valence-electron chi connectivity index (χ0n) is 61.9. The number of ether oxygens (including phenoxy) is 2. The highest BCUT2D eigenvalue weighted by molar-refractivity contribution is 6.06. The number of aliphatic hydroxyl groups excluding tert-OH is 2. The maximum Gasteiger partial charge on any atom is 0.405 e. The lowest BCUT2D eigenvalue weighted by atomic mass is 9.62. The smallest absolute Gasteiger partial charge is 0.405 e. The lowest BCUT2D eigenvalue weighted by molar-refractivity contribution is -0.123. The molecule has 5 amide bonds. The molecule has 5 aromatic heterocycles. The van der Waals surface area contributed by atoms with E-state index in [-0.39, 0.29) is 47.6 Å². The third-order valence-corrected chi connectivity index (χ3v) is 21.1. The van der Waals surface area contributed by atoms with Crippen molar-refractivity contribution in [1.29, 1.82) is 0 Å². The molecule has 0 spiro atoms. The number of likely N-dealkylation sites (N-methyl/N-ethyl adjacent to an activating group) is 1. The van der Waals surface area contributed by atoms with E-state index < -0.39 is 43.4 Å². The number of pyridine rings is 5.